The van der Waals surface area contributed by atoms with Gasteiger partial charge in [0, 0.05) is 0 Å². The van der Waals surface area contributed by atoms with Gasteiger partial charge in [-0.1, -0.05) is 0 Å². The molecule has 0 rings (SSSR count). The van der Waals surface area contributed by atoms with E-state index in [-0.39, 0.29) is 17.9 Å². The minimum absolute atomic E-state index is 0.130. The minimum Gasteiger partial charge on any atom is -0.468 e. The fraction of sp³-hybridized carbons (Fsp3) is 0.875. The maximum atomic E-state index is 11.6. The number of hydrogen-bond donors (Lipinski definition) is 0. The zero-order chi connectivity index (χ0) is 9.40. The molecular weight excluding hydrogens is 179 g/mol. The average molecular weight is 194 g/mol. The number of carbonyl (C=O) groups is 1. The normalized spacial score (nSPS) is 12.6. The number of alkyl halides is 1. The Morgan fingerprint density at radius 3 is 2.75 bits per heavy atom. The van der Waals surface area contributed by atoms with E-state index in [4.69, 9.17) is 0 Å². The summed E-state index contributed by atoms with van der Waals surface area (Å²) in [7, 11) is 1.38. The largest absolute Gasteiger partial charge is 0.468 e. The van der Waals surface area contributed by atoms with Gasteiger partial charge < -0.3 is 4.74 Å². The molecule has 12 heavy (non-hydrogen) atoms. The lowest BCUT2D eigenvalue weighted by Gasteiger charge is -2.07. The molecule has 4 heteroatoms. The molecule has 0 aromatic carbocycles. The standard InChI is InChI=1S/C8H15FO2S/c1-7(8(10)11-2)12-6-4-3-5-9/h7H,3-6H2,1-2H3. The van der Waals surface area contributed by atoms with Crippen LogP contribution in [0, 0.1) is 0 Å². The van der Waals surface area contributed by atoms with Gasteiger partial charge in [-0.05, 0) is 25.5 Å². The van der Waals surface area contributed by atoms with Crippen molar-refractivity contribution in [3.05, 3.63) is 0 Å². The first-order valence-corrected chi connectivity index (χ1v) is 5.02. The van der Waals surface area contributed by atoms with Gasteiger partial charge in [0.2, 0.25) is 0 Å². The summed E-state index contributed by atoms with van der Waals surface area (Å²) in [5.74, 6) is 0.612. The number of ether oxygens (including phenoxy) is 1. The molecule has 0 bridgehead atoms. The molecule has 0 aromatic heterocycles. The Kier molecular flexibility index (Phi) is 7.25. The van der Waals surface area contributed by atoms with E-state index in [9.17, 15) is 9.18 Å². The van der Waals surface area contributed by atoms with Gasteiger partial charge >= 0.3 is 5.97 Å². The fourth-order valence-electron chi connectivity index (χ4n) is 0.691. The van der Waals surface area contributed by atoms with E-state index in [0.29, 0.717) is 6.42 Å². The second kappa shape index (κ2) is 7.40. The van der Waals surface area contributed by atoms with Crippen molar-refractivity contribution < 1.29 is 13.9 Å². The average Bonchev–Trinajstić information content (AvgIpc) is 2.10. The SMILES string of the molecule is COC(=O)C(C)SCCCCF. The van der Waals surface area contributed by atoms with Crippen LogP contribution in [0.5, 0.6) is 0 Å². The third-order valence-electron chi connectivity index (χ3n) is 1.43. The lowest BCUT2D eigenvalue weighted by Crippen LogP contribution is -2.15. The van der Waals surface area contributed by atoms with Crippen LogP contribution in [0.15, 0.2) is 0 Å². The van der Waals surface area contributed by atoms with E-state index in [1.54, 1.807) is 6.92 Å². The summed E-state index contributed by atoms with van der Waals surface area (Å²) >= 11 is 1.51. The number of esters is 1. The van der Waals surface area contributed by atoms with Crippen molar-refractivity contribution >= 4 is 17.7 Å². The zero-order valence-corrected chi connectivity index (χ0v) is 8.32. The first-order chi connectivity index (χ1) is 5.72. The summed E-state index contributed by atoms with van der Waals surface area (Å²) in [5, 5.41) is -0.130. The fourth-order valence-corrected chi connectivity index (χ4v) is 1.65. The molecule has 72 valence electrons. The lowest BCUT2D eigenvalue weighted by atomic mass is 10.4. The molecular formula is C8H15FO2S. The van der Waals surface area contributed by atoms with Gasteiger partial charge in [-0.15, -0.1) is 11.8 Å². The first-order valence-electron chi connectivity index (χ1n) is 3.97. The quantitative estimate of drug-likeness (QED) is 0.478. The zero-order valence-electron chi connectivity index (χ0n) is 7.51. The Hall–Kier alpha value is -0.250. The maximum Gasteiger partial charge on any atom is 0.318 e. The Bertz CT molecular complexity index is 130. The van der Waals surface area contributed by atoms with E-state index in [0.717, 1.165) is 12.2 Å². The molecule has 2 nitrogen and oxygen atoms in total. The highest BCUT2D eigenvalue weighted by atomic mass is 32.2. The molecule has 0 radical (unpaired) electrons. The van der Waals surface area contributed by atoms with Crippen molar-refractivity contribution in [2.24, 2.45) is 0 Å². The van der Waals surface area contributed by atoms with Crippen LogP contribution in [0.1, 0.15) is 19.8 Å². The van der Waals surface area contributed by atoms with Gasteiger partial charge in [-0.2, -0.15) is 0 Å². The first kappa shape index (κ1) is 11.8. The number of thioether (sulfide) groups is 1. The van der Waals surface area contributed by atoms with Crippen LogP contribution in [-0.2, 0) is 9.53 Å². The molecule has 0 aromatic rings. The second-order valence-corrected chi connectivity index (χ2v) is 3.88. The maximum absolute atomic E-state index is 11.6. The van der Waals surface area contributed by atoms with E-state index in [2.05, 4.69) is 4.74 Å². The number of methoxy groups -OCH3 is 1. The van der Waals surface area contributed by atoms with E-state index in [1.807, 2.05) is 0 Å². The van der Waals surface area contributed by atoms with Crippen LogP contribution in [0.3, 0.4) is 0 Å². The van der Waals surface area contributed by atoms with Gasteiger partial charge in [-0.3, -0.25) is 9.18 Å². The van der Waals surface area contributed by atoms with Crippen LogP contribution >= 0.6 is 11.8 Å². The van der Waals surface area contributed by atoms with Crippen molar-refractivity contribution in [2.45, 2.75) is 25.0 Å². The summed E-state index contributed by atoms with van der Waals surface area (Å²) in [6.07, 6.45) is 1.41. The van der Waals surface area contributed by atoms with Crippen molar-refractivity contribution in [1.29, 1.82) is 0 Å². The molecule has 0 fully saturated rings. The molecule has 0 N–H and O–H groups in total. The summed E-state index contributed by atoms with van der Waals surface area (Å²) < 4.78 is 16.2. The molecule has 0 heterocycles. The van der Waals surface area contributed by atoms with Gasteiger partial charge in [0.1, 0.15) is 0 Å². The highest BCUT2D eigenvalue weighted by molar-refractivity contribution is 8.00. The number of unbranched alkanes of at least 4 members (excludes halogenated alkanes) is 1. The van der Waals surface area contributed by atoms with Gasteiger partial charge in [0.25, 0.3) is 0 Å². The molecule has 1 unspecified atom stereocenters. The Morgan fingerprint density at radius 2 is 2.25 bits per heavy atom. The Labute approximate surface area is 76.9 Å². The van der Waals surface area contributed by atoms with Crippen LogP contribution in [0.25, 0.3) is 0 Å². The van der Waals surface area contributed by atoms with Crippen LogP contribution < -0.4 is 0 Å². The molecule has 0 saturated heterocycles. The van der Waals surface area contributed by atoms with Crippen molar-refractivity contribution in [1.82, 2.24) is 0 Å². The highest BCUT2D eigenvalue weighted by Crippen LogP contribution is 2.13. The summed E-state index contributed by atoms with van der Waals surface area (Å²) in [4.78, 5) is 10.9. The van der Waals surface area contributed by atoms with Crippen molar-refractivity contribution in [2.75, 3.05) is 19.5 Å². The number of carbonyl (C=O) groups excluding carboxylic acids is 1. The van der Waals surface area contributed by atoms with Crippen molar-refractivity contribution in [3.63, 3.8) is 0 Å². The third-order valence-corrected chi connectivity index (χ3v) is 2.65. The molecule has 0 saturated carbocycles. The molecule has 1 atom stereocenters. The number of rotatable bonds is 6. The summed E-state index contributed by atoms with van der Waals surface area (Å²) in [6, 6.07) is 0. The van der Waals surface area contributed by atoms with E-state index >= 15 is 0 Å². The molecule has 0 spiro atoms. The highest BCUT2D eigenvalue weighted by Gasteiger charge is 2.12. The Morgan fingerprint density at radius 1 is 1.58 bits per heavy atom. The molecule has 0 amide bonds. The summed E-state index contributed by atoms with van der Waals surface area (Å²) in [5.41, 5.74) is 0. The predicted octanol–water partition coefficient (Wildman–Crippen LogP) is 2.03. The van der Waals surface area contributed by atoms with Crippen LogP contribution in [0.2, 0.25) is 0 Å². The smallest absolute Gasteiger partial charge is 0.318 e. The van der Waals surface area contributed by atoms with Gasteiger partial charge in [0.15, 0.2) is 0 Å². The van der Waals surface area contributed by atoms with E-state index in [1.165, 1.54) is 18.9 Å². The number of hydrogen-bond acceptors (Lipinski definition) is 3. The predicted molar refractivity (Wildman–Crippen MR) is 49.1 cm³/mol. The van der Waals surface area contributed by atoms with Crippen molar-refractivity contribution in [3.8, 4) is 0 Å². The Balaban J connectivity index is 3.31. The molecule has 0 aliphatic carbocycles. The van der Waals surface area contributed by atoms with Gasteiger partial charge in [0.05, 0.1) is 19.0 Å². The topological polar surface area (TPSA) is 26.3 Å². The number of halogens is 1. The third kappa shape index (κ3) is 5.41. The van der Waals surface area contributed by atoms with Crippen LogP contribution in [0.4, 0.5) is 4.39 Å². The lowest BCUT2D eigenvalue weighted by molar-refractivity contribution is -0.139. The summed E-state index contributed by atoms with van der Waals surface area (Å²) in [6.45, 7) is 1.53. The minimum atomic E-state index is -0.271. The molecule has 0 aliphatic rings. The van der Waals surface area contributed by atoms with Gasteiger partial charge in [-0.25, -0.2) is 0 Å². The second-order valence-electron chi connectivity index (χ2n) is 2.43. The monoisotopic (exact) mass is 194 g/mol. The molecule has 0 aliphatic heterocycles. The van der Waals surface area contributed by atoms with E-state index < -0.39 is 0 Å². The van der Waals surface area contributed by atoms with Crippen LogP contribution in [-0.4, -0.2) is 30.8 Å².